The van der Waals surface area contributed by atoms with Gasteiger partial charge >= 0.3 is 0 Å². The predicted molar refractivity (Wildman–Crippen MR) is 49.9 cm³/mol. The Hall–Kier alpha value is -1.06. The number of nitrogens with two attached hydrogens (primary N) is 1. The number of benzene rings is 1. The number of hydrogen-bond acceptors (Lipinski definition) is 3. The zero-order valence-corrected chi connectivity index (χ0v) is 7.12. The molecule has 4 N–H and O–H groups in total. The molecule has 0 heterocycles. The van der Waals surface area contributed by atoms with Crippen molar-refractivity contribution in [2.45, 2.75) is 13.2 Å². The van der Waals surface area contributed by atoms with E-state index in [0.717, 1.165) is 5.69 Å². The smallest absolute Gasteiger partial charge is 0.119 e. The van der Waals surface area contributed by atoms with Crippen molar-refractivity contribution < 1.29 is 5.11 Å². The molecule has 0 aliphatic rings. The minimum Gasteiger partial charge on any atom is -0.381 e. The number of hydrogen-bond donors (Lipinski definition) is 3. The summed E-state index contributed by atoms with van der Waals surface area (Å²) in [5, 5.41) is 11.8. The van der Waals surface area contributed by atoms with Gasteiger partial charge in [-0.3, -0.25) is 0 Å². The van der Waals surface area contributed by atoms with E-state index in [9.17, 15) is 0 Å². The molecule has 0 bridgehead atoms. The fourth-order valence-corrected chi connectivity index (χ4v) is 0.977. The Morgan fingerprint density at radius 1 is 1.58 bits per heavy atom. The minimum absolute atomic E-state index is 0.378. The molecule has 0 saturated heterocycles. The second-order valence-electron chi connectivity index (χ2n) is 2.82. The van der Waals surface area contributed by atoms with E-state index in [0.29, 0.717) is 6.54 Å². The molecule has 3 nitrogen and oxygen atoms in total. The van der Waals surface area contributed by atoms with Crippen LogP contribution in [0.25, 0.3) is 0 Å². The van der Waals surface area contributed by atoms with Crippen LogP contribution in [0.15, 0.2) is 24.3 Å². The van der Waals surface area contributed by atoms with Crippen molar-refractivity contribution in [2.24, 2.45) is 5.73 Å². The van der Waals surface area contributed by atoms with Gasteiger partial charge in [-0.1, -0.05) is 12.1 Å². The van der Waals surface area contributed by atoms with E-state index < -0.39 is 6.23 Å². The van der Waals surface area contributed by atoms with Gasteiger partial charge in [-0.25, -0.2) is 0 Å². The monoisotopic (exact) mass is 166 g/mol. The lowest BCUT2D eigenvalue weighted by atomic mass is 10.2. The van der Waals surface area contributed by atoms with Crippen LogP contribution in [0.2, 0.25) is 0 Å². The van der Waals surface area contributed by atoms with Crippen LogP contribution in [0.4, 0.5) is 5.69 Å². The number of aliphatic hydroxyl groups excluding tert-OH is 1. The molecule has 1 unspecified atom stereocenters. The minimum atomic E-state index is -0.800. The summed E-state index contributed by atoms with van der Waals surface area (Å²) in [5.74, 6) is 0. The lowest BCUT2D eigenvalue weighted by Crippen LogP contribution is -2.28. The highest BCUT2D eigenvalue weighted by molar-refractivity contribution is 5.45. The van der Waals surface area contributed by atoms with Crippen molar-refractivity contribution in [1.29, 1.82) is 0 Å². The van der Waals surface area contributed by atoms with Gasteiger partial charge in [0.1, 0.15) is 6.23 Å². The van der Waals surface area contributed by atoms with Crippen molar-refractivity contribution in [3.05, 3.63) is 29.8 Å². The standard InChI is InChI=1S/C9H14N2O/c1-7-3-2-4-8(5-7)11-6-9(10)12/h2-5,9,11-12H,6,10H2,1H3. The highest BCUT2D eigenvalue weighted by atomic mass is 16.3. The summed E-state index contributed by atoms with van der Waals surface area (Å²) >= 11 is 0. The van der Waals surface area contributed by atoms with Crippen LogP contribution >= 0.6 is 0 Å². The third-order valence-electron chi connectivity index (χ3n) is 1.53. The maximum absolute atomic E-state index is 8.80. The molecular weight excluding hydrogens is 152 g/mol. The van der Waals surface area contributed by atoms with Gasteiger partial charge in [0.2, 0.25) is 0 Å². The highest BCUT2D eigenvalue weighted by Gasteiger charge is 1.95. The van der Waals surface area contributed by atoms with Gasteiger partial charge in [0.15, 0.2) is 0 Å². The second-order valence-corrected chi connectivity index (χ2v) is 2.82. The molecule has 0 aromatic heterocycles. The molecule has 0 spiro atoms. The molecular formula is C9H14N2O. The van der Waals surface area contributed by atoms with E-state index in [2.05, 4.69) is 5.32 Å². The first-order chi connectivity index (χ1) is 5.68. The highest BCUT2D eigenvalue weighted by Crippen LogP contribution is 2.08. The molecule has 1 rings (SSSR count). The number of rotatable bonds is 3. The van der Waals surface area contributed by atoms with Crippen LogP contribution in [0.5, 0.6) is 0 Å². The van der Waals surface area contributed by atoms with Gasteiger partial charge in [0.05, 0.1) is 6.54 Å². The maximum Gasteiger partial charge on any atom is 0.119 e. The first-order valence-electron chi connectivity index (χ1n) is 3.92. The molecule has 0 fully saturated rings. The van der Waals surface area contributed by atoms with Gasteiger partial charge in [-0.15, -0.1) is 0 Å². The summed E-state index contributed by atoms with van der Waals surface area (Å²) < 4.78 is 0. The van der Waals surface area contributed by atoms with Crippen LogP contribution in [0.1, 0.15) is 5.56 Å². The summed E-state index contributed by atoms with van der Waals surface area (Å²) in [5.41, 5.74) is 7.34. The Balaban J connectivity index is 2.52. The summed E-state index contributed by atoms with van der Waals surface area (Å²) in [7, 11) is 0. The van der Waals surface area contributed by atoms with E-state index in [4.69, 9.17) is 10.8 Å². The van der Waals surface area contributed by atoms with Crippen molar-refractivity contribution in [3.63, 3.8) is 0 Å². The number of aliphatic hydroxyl groups is 1. The van der Waals surface area contributed by atoms with Crippen LogP contribution in [0.3, 0.4) is 0 Å². The SMILES string of the molecule is Cc1cccc(NCC(N)O)c1. The molecule has 0 aliphatic carbocycles. The Morgan fingerprint density at radius 2 is 2.33 bits per heavy atom. The van der Waals surface area contributed by atoms with Crippen LogP contribution in [-0.4, -0.2) is 17.9 Å². The first-order valence-corrected chi connectivity index (χ1v) is 3.92. The van der Waals surface area contributed by atoms with Crippen molar-refractivity contribution >= 4 is 5.69 Å². The molecule has 0 amide bonds. The van der Waals surface area contributed by atoms with E-state index in [1.165, 1.54) is 5.56 Å². The largest absolute Gasteiger partial charge is 0.381 e. The fourth-order valence-electron chi connectivity index (χ4n) is 0.977. The third-order valence-corrected chi connectivity index (χ3v) is 1.53. The average molecular weight is 166 g/mol. The topological polar surface area (TPSA) is 58.3 Å². The molecule has 3 heteroatoms. The Kier molecular flexibility index (Phi) is 3.08. The van der Waals surface area contributed by atoms with Crippen LogP contribution < -0.4 is 11.1 Å². The van der Waals surface area contributed by atoms with Gasteiger partial charge in [-0.2, -0.15) is 0 Å². The molecule has 66 valence electrons. The number of aryl methyl sites for hydroxylation is 1. The molecule has 0 radical (unpaired) electrons. The van der Waals surface area contributed by atoms with Crippen LogP contribution in [0, 0.1) is 6.92 Å². The normalized spacial score (nSPS) is 12.6. The van der Waals surface area contributed by atoms with E-state index in [1.54, 1.807) is 0 Å². The van der Waals surface area contributed by atoms with E-state index >= 15 is 0 Å². The number of nitrogens with one attached hydrogen (secondary N) is 1. The summed E-state index contributed by atoms with van der Waals surface area (Å²) in [6.45, 7) is 2.40. The van der Waals surface area contributed by atoms with Gasteiger partial charge in [-0.05, 0) is 24.6 Å². The van der Waals surface area contributed by atoms with E-state index in [1.807, 2.05) is 31.2 Å². The summed E-state index contributed by atoms with van der Waals surface area (Å²) in [6, 6.07) is 7.92. The summed E-state index contributed by atoms with van der Waals surface area (Å²) in [4.78, 5) is 0. The molecule has 0 saturated carbocycles. The third kappa shape index (κ3) is 2.90. The zero-order valence-electron chi connectivity index (χ0n) is 7.12. The van der Waals surface area contributed by atoms with Gasteiger partial charge in [0.25, 0.3) is 0 Å². The lowest BCUT2D eigenvalue weighted by molar-refractivity contribution is 0.196. The van der Waals surface area contributed by atoms with E-state index in [-0.39, 0.29) is 0 Å². The van der Waals surface area contributed by atoms with Crippen molar-refractivity contribution in [2.75, 3.05) is 11.9 Å². The van der Waals surface area contributed by atoms with Crippen molar-refractivity contribution in [1.82, 2.24) is 0 Å². The number of anilines is 1. The Morgan fingerprint density at radius 3 is 2.92 bits per heavy atom. The van der Waals surface area contributed by atoms with Gasteiger partial charge in [0, 0.05) is 5.69 Å². The maximum atomic E-state index is 8.80. The molecule has 0 aliphatic heterocycles. The van der Waals surface area contributed by atoms with Crippen molar-refractivity contribution in [3.8, 4) is 0 Å². The first kappa shape index (κ1) is 9.03. The Labute approximate surface area is 72.2 Å². The molecule has 12 heavy (non-hydrogen) atoms. The Bertz CT molecular complexity index is 248. The van der Waals surface area contributed by atoms with Crippen LogP contribution in [-0.2, 0) is 0 Å². The van der Waals surface area contributed by atoms with Gasteiger partial charge < -0.3 is 16.2 Å². The second kappa shape index (κ2) is 4.09. The fraction of sp³-hybridized carbons (Fsp3) is 0.333. The lowest BCUT2D eigenvalue weighted by Gasteiger charge is -2.08. The molecule has 1 aromatic carbocycles. The molecule has 1 atom stereocenters. The zero-order chi connectivity index (χ0) is 8.97. The molecule has 1 aromatic rings. The predicted octanol–water partition coefficient (Wildman–Crippen LogP) is 0.684. The quantitative estimate of drug-likeness (QED) is 0.579. The average Bonchev–Trinajstić information content (AvgIpc) is 2.01. The summed E-state index contributed by atoms with van der Waals surface area (Å²) in [6.07, 6.45) is -0.800.